The summed E-state index contributed by atoms with van der Waals surface area (Å²) in [6.45, 7) is 1.98. The number of anilines is 1. The molecular weight excluding hydrogens is 328 g/mol. The first-order chi connectivity index (χ1) is 10.1. The fraction of sp³-hybridized carbons (Fsp3) is 0.0588. The van der Waals surface area contributed by atoms with Crippen molar-refractivity contribution in [2.75, 3.05) is 5.32 Å². The van der Waals surface area contributed by atoms with Gasteiger partial charge in [-0.3, -0.25) is 4.79 Å². The lowest BCUT2D eigenvalue weighted by Gasteiger charge is -2.06. The van der Waals surface area contributed by atoms with E-state index in [1.165, 1.54) is 0 Å². The highest BCUT2D eigenvalue weighted by molar-refractivity contribution is 9.10. The maximum Gasteiger partial charge on any atom is 0.266 e. The average Bonchev–Trinajstić information content (AvgIpc) is 2.49. The van der Waals surface area contributed by atoms with Gasteiger partial charge in [0, 0.05) is 4.47 Å². The zero-order valence-electron chi connectivity index (χ0n) is 11.4. The molecule has 0 radical (unpaired) electrons. The van der Waals surface area contributed by atoms with Gasteiger partial charge in [0.2, 0.25) is 0 Å². The van der Waals surface area contributed by atoms with Crippen LogP contribution in [0.3, 0.4) is 0 Å². The number of para-hydroxylation sites is 1. The molecule has 0 aliphatic carbocycles. The Labute approximate surface area is 132 Å². The number of aryl methyl sites for hydroxylation is 1. The third-order valence-corrected chi connectivity index (χ3v) is 3.57. The van der Waals surface area contributed by atoms with Crippen molar-refractivity contribution in [3.05, 3.63) is 69.7 Å². The molecule has 0 saturated heterocycles. The fourth-order valence-corrected chi connectivity index (χ4v) is 2.11. The Balaban J connectivity index is 2.21. The molecule has 0 heterocycles. The summed E-state index contributed by atoms with van der Waals surface area (Å²) in [6.07, 6.45) is 1.58. The molecule has 2 aromatic carbocycles. The number of hydrogen-bond donors (Lipinski definition) is 1. The second-order valence-corrected chi connectivity index (χ2v) is 5.37. The molecule has 2 rings (SSSR count). The van der Waals surface area contributed by atoms with E-state index in [2.05, 4.69) is 21.2 Å². The minimum Gasteiger partial charge on any atom is -0.320 e. The standard InChI is InChI=1S/C17H13BrN2O/c1-12-6-8-13(9-7-12)10-14(11-19)17(21)20-16-5-3-2-4-15(16)18/h2-10H,1H3,(H,20,21)/b14-10+. The van der Waals surface area contributed by atoms with E-state index in [1.54, 1.807) is 12.1 Å². The molecule has 0 fully saturated rings. The van der Waals surface area contributed by atoms with Crippen LogP contribution < -0.4 is 5.32 Å². The van der Waals surface area contributed by atoms with Gasteiger partial charge in [-0.1, -0.05) is 42.0 Å². The lowest BCUT2D eigenvalue weighted by molar-refractivity contribution is -0.112. The predicted molar refractivity (Wildman–Crippen MR) is 87.5 cm³/mol. The van der Waals surface area contributed by atoms with Crippen LogP contribution in [0.2, 0.25) is 0 Å². The van der Waals surface area contributed by atoms with E-state index >= 15 is 0 Å². The van der Waals surface area contributed by atoms with Gasteiger partial charge in [-0.2, -0.15) is 5.26 Å². The lowest BCUT2D eigenvalue weighted by Crippen LogP contribution is -2.13. The van der Waals surface area contributed by atoms with Crippen LogP contribution in [0.1, 0.15) is 11.1 Å². The predicted octanol–water partition coefficient (Wildman–Crippen LogP) is 4.30. The Hall–Kier alpha value is -2.38. The third-order valence-electron chi connectivity index (χ3n) is 2.88. The first-order valence-corrected chi connectivity index (χ1v) is 7.14. The van der Waals surface area contributed by atoms with Gasteiger partial charge >= 0.3 is 0 Å². The third kappa shape index (κ3) is 4.04. The van der Waals surface area contributed by atoms with Crippen molar-refractivity contribution in [2.45, 2.75) is 6.92 Å². The number of carbonyl (C=O) groups is 1. The second kappa shape index (κ2) is 6.87. The van der Waals surface area contributed by atoms with Crippen molar-refractivity contribution in [1.29, 1.82) is 5.26 Å². The van der Waals surface area contributed by atoms with Crippen molar-refractivity contribution in [2.24, 2.45) is 0 Å². The molecule has 0 aromatic heterocycles. The first-order valence-electron chi connectivity index (χ1n) is 6.34. The lowest BCUT2D eigenvalue weighted by atomic mass is 10.1. The smallest absolute Gasteiger partial charge is 0.266 e. The fourth-order valence-electron chi connectivity index (χ4n) is 1.73. The van der Waals surface area contributed by atoms with Crippen molar-refractivity contribution in [1.82, 2.24) is 0 Å². The Morgan fingerprint density at radius 1 is 1.19 bits per heavy atom. The van der Waals surface area contributed by atoms with E-state index in [9.17, 15) is 4.79 Å². The highest BCUT2D eigenvalue weighted by Gasteiger charge is 2.10. The molecule has 3 nitrogen and oxygen atoms in total. The van der Waals surface area contributed by atoms with E-state index in [0.717, 1.165) is 15.6 Å². The highest BCUT2D eigenvalue weighted by Crippen LogP contribution is 2.22. The van der Waals surface area contributed by atoms with E-state index in [4.69, 9.17) is 5.26 Å². The summed E-state index contributed by atoms with van der Waals surface area (Å²) in [6, 6.07) is 16.8. The Morgan fingerprint density at radius 3 is 2.48 bits per heavy atom. The Kier molecular flexibility index (Phi) is 4.91. The molecule has 0 aliphatic heterocycles. The number of nitrogens with zero attached hydrogens (tertiary/aromatic N) is 1. The molecule has 21 heavy (non-hydrogen) atoms. The molecule has 0 aliphatic rings. The van der Waals surface area contributed by atoms with Gasteiger partial charge in [-0.15, -0.1) is 0 Å². The zero-order valence-corrected chi connectivity index (χ0v) is 13.0. The molecule has 0 atom stereocenters. The largest absolute Gasteiger partial charge is 0.320 e. The van der Waals surface area contributed by atoms with Crippen molar-refractivity contribution in [3.63, 3.8) is 0 Å². The SMILES string of the molecule is Cc1ccc(/C=C(\C#N)C(=O)Nc2ccccc2Br)cc1. The number of hydrogen-bond acceptors (Lipinski definition) is 2. The van der Waals surface area contributed by atoms with Crippen LogP contribution in [0, 0.1) is 18.3 Å². The quantitative estimate of drug-likeness (QED) is 0.668. The van der Waals surface area contributed by atoms with Gasteiger partial charge in [0.1, 0.15) is 11.6 Å². The number of carbonyl (C=O) groups excluding carboxylic acids is 1. The first kappa shape index (κ1) is 15.0. The molecule has 0 bridgehead atoms. The van der Waals surface area contributed by atoms with Crippen molar-refractivity contribution >= 4 is 33.6 Å². The van der Waals surface area contributed by atoms with Crippen molar-refractivity contribution in [3.8, 4) is 6.07 Å². The molecule has 0 saturated carbocycles. The van der Waals surface area contributed by atoms with Gasteiger partial charge in [0.15, 0.2) is 0 Å². The van der Waals surface area contributed by atoms with Gasteiger partial charge in [0.05, 0.1) is 5.69 Å². The molecular formula is C17H13BrN2O. The number of nitrogens with one attached hydrogen (secondary N) is 1. The van der Waals surface area contributed by atoms with Crippen LogP contribution in [-0.2, 0) is 4.79 Å². The van der Waals surface area contributed by atoms with Gasteiger partial charge in [-0.25, -0.2) is 0 Å². The van der Waals surface area contributed by atoms with Crippen LogP contribution in [0.15, 0.2) is 58.6 Å². The minimum atomic E-state index is -0.426. The Morgan fingerprint density at radius 2 is 1.86 bits per heavy atom. The number of benzene rings is 2. The average molecular weight is 341 g/mol. The summed E-state index contributed by atoms with van der Waals surface area (Å²) in [5.41, 5.74) is 2.64. The van der Waals surface area contributed by atoms with E-state index < -0.39 is 5.91 Å². The normalized spacial score (nSPS) is 10.8. The summed E-state index contributed by atoms with van der Waals surface area (Å²) in [5.74, 6) is -0.426. The van der Waals surface area contributed by atoms with Crippen LogP contribution in [0.4, 0.5) is 5.69 Å². The van der Waals surface area contributed by atoms with Gasteiger partial charge in [0.25, 0.3) is 5.91 Å². The second-order valence-electron chi connectivity index (χ2n) is 4.51. The van der Waals surface area contributed by atoms with Gasteiger partial charge in [-0.05, 0) is 46.6 Å². The van der Waals surface area contributed by atoms with E-state index in [0.29, 0.717) is 5.69 Å². The van der Waals surface area contributed by atoms with Crippen molar-refractivity contribution < 1.29 is 4.79 Å². The van der Waals surface area contributed by atoms with E-state index in [-0.39, 0.29) is 5.57 Å². The van der Waals surface area contributed by atoms with Crippen LogP contribution in [-0.4, -0.2) is 5.91 Å². The molecule has 4 heteroatoms. The minimum absolute atomic E-state index is 0.0645. The number of nitriles is 1. The van der Waals surface area contributed by atoms with Crippen LogP contribution in [0.25, 0.3) is 6.08 Å². The zero-order chi connectivity index (χ0) is 15.2. The monoisotopic (exact) mass is 340 g/mol. The van der Waals surface area contributed by atoms with Crippen LogP contribution in [0.5, 0.6) is 0 Å². The number of halogens is 1. The summed E-state index contributed by atoms with van der Waals surface area (Å²) in [5, 5.41) is 11.9. The topological polar surface area (TPSA) is 52.9 Å². The number of rotatable bonds is 3. The molecule has 1 amide bonds. The molecule has 104 valence electrons. The molecule has 0 spiro atoms. The van der Waals surface area contributed by atoms with E-state index in [1.807, 2.05) is 55.5 Å². The summed E-state index contributed by atoms with van der Waals surface area (Å²) in [7, 11) is 0. The highest BCUT2D eigenvalue weighted by atomic mass is 79.9. The molecule has 1 N–H and O–H groups in total. The number of amides is 1. The molecule has 2 aromatic rings. The van der Waals surface area contributed by atoms with Crippen LogP contribution >= 0.6 is 15.9 Å². The molecule has 0 unspecified atom stereocenters. The summed E-state index contributed by atoms with van der Waals surface area (Å²) < 4.78 is 0.769. The summed E-state index contributed by atoms with van der Waals surface area (Å²) in [4.78, 5) is 12.1. The van der Waals surface area contributed by atoms with Gasteiger partial charge < -0.3 is 5.32 Å². The Bertz CT molecular complexity index is 727. The maximum atomic E-state index is 12.1. The maximum absolute atomic E-state index is 12.1. The summed E-state index contributed by atoms with van der Waals surface area (Å²) >= 11 is 3.35.